The van der Waals surface area contributed by atoms with Crippen LogP contribution >= 0.6 is 0 Å². The van der Waals surface area contributed by atoms with Crippen LogP contribution in [0.3, 0.4) is 0 Å². The third kappa shape index (κ3) is 3.68. The van der Waals surface area contributed by atoms with Crippen molar-refractivity contribution in [3.8, 4) is 5.75 Å². The molecule has 5 rings (SSSR count). The number of ether oxygens (including phenoxy) is 2. The summed E-state index contributed by atoms with van der Waals surface area (Å²) in [5.41, 5.74) is 2.15. The SMILES string of the molecule is O=c1cc(N2CCC3(CC2)OCCc2cc(OCCn4cncn4)ccc23)nc[nH]1. The Balaban J connectivity index is 1.28. The molecule has 9 heteroatoms. The largest absolute Gasteiger partial charge is 0.492 e. The van der Waals surface area contributed by atoms with E-state index in [2.05, 4.69) is 37.1 Å². The minimum Gasteiger partial charge on any atom is -0.492 e. The molecule has 2 aliphatic rings. The maximum Gasteiger partial charge on any atom is 0.252 e. The summed E-state index contributed by atoms with van der Waals surface area (Å²) >= 11 is 0. The van der Waals surface area contributed by atoms with E-state index in [-0.39, 0.29) is 11.2 Å². The molecule has 1 aromatic carbocycles. The summed E-state index contributed by atoms with van der Waals surface area (Å²) in [6, 6.07) is 7.88. The van der Waals surface area contributed by atoms with Gasteiger partial charge >= 0.3 is 0 Å². The first-order valence-corrected chi connectivity index (χ1v) is 10.2. The van der Waals surface area contributed by atoms with E-state index in [1.165, 1.54) is 23.8 Å². The number of nitrogens with zero attached hydrogens (tertiary/aromatic N) is 5. The summed E-state index contributed by atoms with van der Waals surface area (Å²) in [6.07, 6.45) is 7.28. The van der Waals surface area contributed by atoms with Gasteiger partial charge in [-0.1, -0.05) is 6.07 Å². The summed E-state index contributed by atoms with van der Waals surface area (Å²) in [6.45, 7) is 3.51. The smallest absolute Gasteiger partial charge is 0.252 e. The van der Waals surface area contributed by atoms with Crippen LogP contribution in [0.2, 0.25) is 0 Å². The van der Waals surface area contributed by atoms with Gasteiger partial charge in [-0.2, -0.15) is 5.10 Å². The molecule has 2 aliphatic heterocycles. The second-order valence-corrected chi connectivity index (χ2v) is 7.68. The molecule has 3 aromatic rings. The first-order chi connectivity index (χ1) is 14.7. The molecule has 0 aliphatic carbocycles. The zero-order valence-corrected chi connectivity index (χ0v) is 16.7. The van der Waals surface area contributed by atoms with Crippen molar-refractivity contribution >= 4 is 5.82 Å². The van der Waals surface area contributed by atoms with Gasteiger partial charge in [0.2, 0.25) is 0 Å². The predicted octanol–water partition coefficient (Wildman–Crippen LogP) is 1.51. The molecular weight excluding hydrogens is 384 g/mol. The van der Waals surface area contributed by atoms with Crippen LogP contribution in [0, 0.1) is 0 Å². The third-order valence-electron chi connectivity index (χ3n) is 5.93. The Hall–Kier alpha value is -3.20. The average Bonchev–Trinajstić information content (AvgIpc) is 3.28. The zero-order chi connectivity index (χ0) is 20.4. The molecule has 0 unspecified atom stereocenters. The number of piperidine rings is 1. The lowest BCUT2D eigenvalue weighted by Crippen LogP contribution is -2.47. The average molecular weight is 408 g/mol. The number of anilines is 1. The van der Waals surface area contributed by atoms with Gasteiger partial charge in [-0.05, 0) is 42.5 Å². The number of hydrogen-bond acceptors (Lipinski definition) is 7. The Morgan fingerprint density at radius 2 is 2.13 bits per heavy atom. The molecular formula is C21H24N6O3. The van der Waals surface area contributed by atoms with Crippen molar-refractivity contribution in [2.75, 3.05) is 31.2 Å². The Bertz CT molecular complexity index is 1060. The normalized spacial score (nSPS) is 17.7. The van der Waals surface area contributed by atoms with E-state index in [0.29, 0.717) is 19.8 Å². The van der Waals surface area contributed by atoms with Crippen molar-refractivity contribution < 1.29 is 9.47 Å². The molecule has 4 heterocycles. The Labute approximate surface area is 173 Å². The van der Waals surface area contributed by atoms with Crippen molar-refractivity contribution in [1.29, 1.82) is 0 Å². The van der Waals surface area contributed by atoms with Gasteiger partial charge in [0.25, 0.3) is 5.56 Å². The standard InChI is InChI=1S/C21H24N6O3/c28-20-12-19(23-14-24-20)26-6-4-21(5-7-26)18-2-1-17(11-16(18)3-9-30-21)29-10-8-27-15-22-13-25-27/h1-2,11-15H,3-10H2,(H,23,24,28). The first-order valence-electron chi connectivity index (χ1n) is 10.2. The first kappa shape index (κ1) is 18.8. The number of H-pyrrole nitrogens is 1. The molecule has 2 aromatic heterocycles. The van der Waals surface area contributed by atoms with Crippen LogP contribution in [0.25, 0.3) is 0 Å². The van der Waals surface area contributed by atoms with Gasteiger partial charge in [0.05, 0.1) is 25.1 Å². The van der Waals surface area contributed by atoms with E-state index in [0.717, 1.165) is 43.9 Å². The van der Waals surface area contributed by atoms with Crippen LogP contribution in [0.5, 0.6) is 5.75 Å². The lowest BCUT2D eigenvalue weighted by Gasteiger charge is -2.45. The predicted molar refractivity (Wildman–Crippen MR) is 110 cm³/mol. The van der Waals surface area contributed by atoms with Gasteiger partial charge in [-0.3, -0.25) is 4.79 Å². The third-order valence-corrected chi connectivity index (χ3v) is 5.93. The van der Waals surface area contributed by atoms with E-state index >= 15 is 0 Å². The van der Waals surface area contributed by atoms with Crippen molar-refractivity contribution in [2.24, 2.45) is 0 Å². The number of hydrogen-bond donors (Lipinski definition) is 1. The second kappa shape index (κ2) is 7.91. The van der Waals surface area contributed by atoms with Crippen molar-refractivity contribution in [3.63, 3.8) is 0 Å². The lowest BCUT2D eigenvalue weighted by molar-refractivity contribution is -0.0767. The maximum absolute atomic E-state index is 11.6. The fourth-order valence-electron chi connectivity index (χ4n) is 4.39. The van der Waals surface area contributed by atoms with Gasteiger partial charge in [0, 0.05) is 19.2 Å². The summed E-state index contributed by atoms with van der Waals surface area (Å²) in [4.78, 5) is 24.6. The van der Waals surface area contributed by atoms with Crippen LogP contribution in [0.1, 0.15) is 24.0 Å². The van der Waals surface area contributed by atoms with E-state index in [1.807, 2.05) is 6.07 Å². The highest BCUT2D eigenvalue weighted by atomic mass is 16.5. The number of aromatic amines is 1. The molecule has 0 bridgehead atoms. The minimum atomic E-state index is -0.273. The van der Waals surface area contributed by atoms with E-state index in [4.69, 9.17) is 9.47 Å². The number of fused-ring (bicyclic) bond motifs is 2. The summed E-state index contributed by atoms with van der Waals surface area (Å²) in [5.74, 6) is 1.59. The van der Waals surface area contributed by atoms with Crippen LogP contribution < -0.4 is 15.2 Å². The van der Waals surface area contributed by atoms with Gasteiger partial charge in [-0.25, -0.2) is 14.6 Å². The van der Waals surface area contributed by atoms with Crippen molar-refractivity contribution in [3.05, 3.63) is 64.7 Å². The monoisotopic (exact) mass is 408 g/mol. The van der Waals surface area contributed by atoms with Crippen molar-refractivity contribution in [1.82, 2.24) is 24.7 Å². The summed E-state index contributed by atoms with van der Waals surface area (Å²) < 4.78 is 14.0. The highest BCUT2D eigenvalue weighted by Gasteiger charge is 2.41. The van der Waals surface area contributed by atoms with E-state index in [9.17, 15) is 4.79 Å². The fraction of sp³-hybridized carbons (Fsp3) is 0.429. The van der Waals surface area contributed by atoms with E-state index in [1.54, 1.807) is 17.1 Å². The highest BCUT2D eigenvalue weighted by molar-refractivity contribution is 5.43. The second-order valence-electron chi connectivity index (χ2n) is 7.68. The van der Waals surface area contributed by atoms with Crippen molar-refractivity contribution in [2.45, 2.75) is 31.4 Å². The van der Waals surface area contributed by atoms with Gasteiger partial charge in [-0.15, -0.1) is 0 Å². The molecule has 1 fully saturated rings. The van der Waals surface area contributed by atoms with Crippen LogP contribution in [-0.2, 0) is 23.3 Å². The number of rotatable bonds is 5. The van der Waals surface area contributed by atoms with E-state index < -0.39 is 0 Å². The molecule has 156 valence electrons. The maximum atomic E-state index is 11.6. The van der Waals surface area contributed by atoms with Crippen LogP contribution in [0.15, 0.2) is 48.0 Å². The Morgan fingerprint density at radius 1 is 1.23 bits per heavy atom. The summed E-state index contributed by atoms with van der Waals surface area (Å²) in [7, 11) is 0. The number of aromatic nitrogens is 5. The Kier molecular flexibility index (Phi) is 4.96. The molecule has 1 saturated heterocycles. The van der Waals surface area contributed by atoms with Crippen LogP contribution in [-0.4, -0.2) is 51.0 Å². The fourth-order valence-corrected chi connectivity index (χ4v) is 4.39. The number of nitrogens with one attached hydrogen (secondary N) is 1. The molecule has 1 spiro atoms. The number of benzene rings is 1. The highest BCUT2D eigenvalue weighted by Crippen LogP contribution is 2.42. The summed E-state index contributed by atoms with van der Waals surface area (Å²) in [5, 5.41) is 4.09. The molecule has 30 heavy (non-hydrogen) atoms. The molecule has 0 saturated carbocycles. The lowest BCUT2D eigenvalue weighted by atomic mass is 9.79. The topological polar surface area (TPSA) is 98.2 Å². The van der Waals surface area contributed by atoms with Gasteiger partial charge in [0.1, 0.15) is 30.8 Å². The van der Waals surface area contributed by atoms with Crippen LogP contribution in [0.4, 0.5) is 5.82 Å². The Morgan fingerprint density at radius 3 is 2.93 bits per heavy atom. The molecule has 0 amide bonds. The molecule has 1 N–H and O–H groups in total. The van der Waals surface area contributed by atoms with Gasteiger partial charge in [0.15, 0.2) is 0 Å². The van der Waals surface area contributed by atoms with Gasteiger partial charge < -0.3 is 19.4 Å². The zero-order valence-electron chi connectivity index (χ0n) is 16.7. The minimum absolute atomic E-state index is 0.129. The quantitative estimate of drug-likeness (QED) is 0.683. The molecule has 9 nitrogen and oxygen atoms in total. The molecule has 0 radical (unpaired) electrons. The molecule has 0 atom stereocenters.